The average molecular weight is 290 g/mol. The molecular formula is C8H4Na2O7S. The molecule has 10 heteroatoms. The minimum absolute atomic E-state index is 0. The summed E-state index contributed by atoms with van der Waals surface area (Å²) in [6.45, 7) is 0. The first kappa shape index (κ1) is 20.4. The predicted molar refractivity (Wildman–Crippen MR) is 44.9 cm³/mol. The second-order valence-electron chi connectivity index (χ2n) is 2.80. The number of carboxylic acid groups (broad SMARTS) is 2. The fourth-order valence-electron chi connectivity index (χ4n) is 0.984. The zero-order valence-electron chi connectivity index (χ0n) is 9.54. The van der Waals surface area contributed by atoms with Gasteiger partial charge in [-0.15, -0.1) is 0 Å². The average Bonchev–Trinajstić information content (AvgIpc) is 2.15. The van der Waals surface area contributed by atoms with Crippen molar-refractivity contribution >= 4 is 22.1 Å². The maximum absolute atomic E-state index is 10.7. The zero-order valence-corrected chi connectivity index (χ0v) is 14.4. The first-order valence-corrected chi connectivity index (χ1v) is 5.21. The van der Waals surface area contributed by atoms with Crippen molar-refractivity contribution in [1.29, 1.82) is 0 Å². The second kappa shape index (κ2) is 7.61. The van der Waals surface area contributed by atoms with Gasteiger partial charge < -0.3 is 19.8 Å². The molecule has 0 fully saturated rings. The van der Waals surface area contributed by atoms with E-state index in [9.17, 15) is 28.2 Å². The van der Waals surface area contributed by atoms with Gasteiger partial charge in [0.25, 0.3) is 10.1 Å². The van der Waals surface area contributed by atoms with Crippen molar-refractivity contribution < 1.29 is 91.9 Å². The van der Waals surface area contributed by atoms with E-state index >= 15 is 0 Å². The number of rotatable bonds is 3. The molecule has 7 nitrogen and oxygen atoms in total. The Hall–Kier alpha value is 0.0700. The molecule has 0 aliphatic heterocycles. The van der Waals surface area contributed by atoms with Crippen LogP contribution in [0.15, 0.2) is 23.1 Å². The Balaban J connectivity index is 0. The Morgan fingerprint density at radius 3 is 1.50 bits per heavy atom. The molecule has 0 aliphatic rings. The van der Waals surface area contributed by atoms with Crippen LogP contribution in [0.3, 0.4) is 0 Å². The fraction of sp³-hybridized carbons (Fsp3) is 0. The van der Waals surface area contributed by atoms with Gasteiger partial charge >= 0.3 is 59.1 Å². The van der Waals surface area contributed by atoms with Gasteiger partial charge in [-0.3, -0.25) is 4.55 Å². The van der Waals surface area contributed by atoms with Crippen molar-refractivity contribution in [2.24, 2.45) is 0 Å². The van der Waals surface area contributed by atoms with Gasteiger partial charge in [-0.05, 0) is 29.3 Å². The molecule has 18 heavy (non-hydrogen) atoms. The molecule has 0 bridgehead atoms. The molecule has 0 aliphatic carbocycles. The largest absolute Gasteiger partial charge is 1.00 e. The molecule has 0 amide bonds. The van der Waals surface area contributed by atoms with Crippen molar-refractivity contribution in [3.05, 3.63) is 29.3 Å². The van der Waals surface area contributed by atoms with Crippen LogP contribution >= 0.6 is 0 Å². The number of hydrogen-bond donors (Lipinski definition) is 1. The van der Waals surface area contributed by atoms with Gasteiger partial charge in [-0.2, -0.15) is 8.42 Å². The van der Waals surface area contributed by atoms with E-state index in [1.807, 2.05) is 0 Å². The van der Waals surface area contributed by atoms with E-state index in [1.54, 1.807) is 0 Å². The van der Waals surface area contributed by atoms with E-state index in [-0.39, 0.29) is 59.1 Å². The van der Waals surface area contributed by atoms with Crippen LogP contribution in [0.4, 0.5) is 0 Å². The SMILES string of the molecule is O=C([O-])c1cc(C(=O)[O-])cc(S(=O)(=O)O)c1.[Na+].[Na+]. The molecule has 86 valence electrons. The summed E-state index contributed by atoms with van der Waals surface area (Å²) in [5.74, 6) is -3.54. The van der Waals surface area contributed by atoms with Gasteiger partial charge in [0.2, 0.25) is 0 Å². The fourth-order valence-corrected chi connectivity index (χ4v) is 1.54. The topological polar surface area (TPSA) is 135 Å². The normalized spacial score (nSPS) is 9.83. The summed E-state index contributed by atoms with van der Waals surface area (Å²) in [6, 6.07) is 1.83. The molecule has 1 rings (SSSR count). The van der Waals surface area contributed by atoms with E-state index in [4.69, 9.17) is 4.55 Å². The maximum atomic E-state index is 10.7. The second-order valence-corrected chi connectivity index (χ2v) is 4.22. The van der Waals surface area contributed by atoms with E-state index in [2.05, 4.69) is 0 Å². The van der Waals surface area contributed by atoms with Crippen molar-refractivity contribution in [3.63, 3.8) is 0 Å². The number of hydrogen-bond acceptors (Lipinski definition) is 6. The first-order valence-electron chi connectivity index (χ1n) is 3.77. The minimum Gasteiger partial charge on any atom is -0.545 e. The molecule has 0 aromatic heterocycles. The third kappa shape index (κ3) is 5.37. The van der Waals surface area contributed by atoms with Crippen molar-refractivity contribution in [3.8, 4) is 0 Å². The first-order chi connectivity index (χ1) is 7.21. The summed E-state index contributed by atoms with van der Waals surface area (Å²) >= 11 is 0. The monoisotopic (exact) mass is 290 g/mol. The van der Waals surface area contributed by atoms with Crippen LogP contribution in [-0.4, -0.2) is 24.9 Å². The zero-order chi connectivity index (χ0) is 12.5. The van der Waals surface area contributed by atoms with Crippen molar-refractivity contribution in [2.45, 2.75) is 4.90 Å². The smallest absolute Gasteiger partial charge is 0.545 e. The molecule has 0 saturated carbocycles. The summed E-state index contributed by atoms with van der Waals surface area (Å²) in [4.78, 5) is 20.1. The summed E-state index contributed by atoms with van der Waals surface area (Å²) in [7, 11) is -4.70. The Kier molecular flexibility index (Phi) is 8.62. The number of aromatic carboxylic acids is 2. The number of carboxylic acids is 2. The van der Waals surface area contributed by atoms with Crippen molar-refractivity contribution in [1.82, 2.24) is 0 Å². The van der Waals surface area contributed by atoms with Crippen LogP contribution in [0.1, 0.15) is 20.7 Å². The van der Waals surface area contributed by atoms with E-state index < -0.39 is 38.1 Å². The van der Waals surface area contributed by atoms with Gasteiger partial charge in [-0.25, -0.2) is 0 Å². The van der Waals surface area contributed by atoms with Gasteiger partial charge in [-0.1, -0.05) is 0 Å². The quantitative estimate of drug-likeness (QED) is 0.431. The van der Waals surface area contributed by atoms with E-state index in [0.717, 1.165) is 0 Å². The van der Waals surface area contributed by atoms with Crippen LogP contribution in [0.5, 0.6) is 0 Å². The molecule has 0 spiro atoms. The van der Waals surface area contributed by atoms with Crippen LogP contribution in [-0.2, 0) is 10.1 Å². The Bertz CT molecular complexity index is 535. The summed E-state index contributed by atoms with van der Waals surface area (Å²) in [5, 5.41) is 20.9. The Morgan fingerprint density at radius 1 is 0.944 bits per heavy atom. The summed E-state index contributed by atoms with van der Waals surface area (Å²) < 4.78 is 30.1. The van der Waals surface area contributed by atoms with Gasteiger partial charge in [0.05, 0.1) is 16.8 Å². The third-order valence-electron chi connectivity index (χ3n) is 1.68. The Labute approximate surface area is 147 Å². The predicted octanol–water partition coefficient (Wildman–Crippen LogP) is -8.33. The van der Waals surface area contributed by atoms with Crippen LogP contribution in [0.2, 0.25) is 0 Å². The molecular weight excluding hydrogens is 286 g/mol. The van der Waals surface area contributed by atoms with E-state index in [1.165, 1.54) is 0 Å². The van der Waals surface area contributed by atoms with Crippen LogP contribution in [0, 0.1) is 0 Å². The van der Waals surface area contributed by atoms with Gasteiger partial charge in [0, 0.05) is 0 Å². The molecule has 1 N–H and O–H groups in total. The van der Waals surface area contributed by atoms with Gasteiger partial charge in [0.15, 0.2) is 0 Å². The minimum atomic E-state index is -4.70. The van der Waals surface area contributed by atoms with Crippen LogP contribution < -0.4 is 69.3 Å². The van der Waals surface area contributed by atoms with Crippen molar-refractivity contribution in [2.75, 3.05) is 0 Å². The summed E-state index contributed by atoms with van der Waals surface area (Å²) in [5.41, 5.74) is -1.37. The molecule has 0 radical (unpaired) electrons. The number of carbonyl (C=O) groups excluding carboxylic acids is 2. The number of benzene rings is 1. The maximum Gasteiger partial charge on any atom is 1.00 e. The standard InChI is InChI=1S/C8H6O7S.2Na/c9-7(10)4-1-5(8(11)12)3-6(2-4)16(13,14)15;;/h1-3H,(H,9,10)(H,11,12)(H,13,14,15);;/q;2*+1/p-2. The van der Waals surface area contributed by atoms with Crippen LogP contribution in [0.25, 0.3) is 0 Å². The molecule has 0 unspecified atom stereocenters. The third-order valence-corrected chi connectivity index (χ3v) is 2.51. The Morgan fingerprint density at radius 2 is 1.28 bits per heavy atom. The molecule has 0 atom stereocenters. The molecule has 1 aromatic carbocycles. The molecule has 0 saturated heterocycles. The molecule has 0 heterocycles. The molecule has 1 aromatic rings. The van der Waals surface area contributed by atoms with E-state index in [0.29, 0.717) is 18.2 Å². The van der Waals surface area contributed by atoms with Gasteiger partial charge in [0.1, 0.15) is 0 Å². The number of carbonyl (C=O) groups is 2. The summed E-state index contributed by atoms with van der Waals surface area (Å²) in [6.07, 6.45) is 0.